The molecule has 2 aliphatic heterocycles. The second kappa shape index (κ2) is 14.5. The summed E-state index contributed by atoms with van der Waals surface area (Å²) < 4.78 is 17.1. The summed E-state index contributed by atoms with van der Waals surface area (Å²) >= 11 is 0. The fourth-order valence-electron chi connectivity index (χ4n) is 4.43. The number of aliphatic hydroxyl groups excluding tert-OH is 1. The maximum absolute atomic E-state index is 12.3. The molecule has 0 radical (unpaired) electrons. The van der Waals surface area contributed by atoms with Gasteiger partial charge >= 0.3 is 0 Å². The Bertz CT molecular complexity index is 1140. The molecule has 2 aromatic rings. The van der Waals surface area contributed by atoms with Gasteiger partial charge in [0.05, 0.1) is 24.6 Å². The molecule has 2 atom stereocenters. The second-order valence-corrected chi connectivity index (χ2v) is 9.51. The molecule has 2 unspecified atom stereocenters. The van der Waals surface area contributed by atoms with Crippen LogP contribution in [0.3, 0.4) is 0 Å². The maximum Gasteiger partial charge on any atom is 0.257 e. The van der Waals surface area contributed by atoms with Crippen molar-refractivity contribution in [3.05, 3.63) is 54.1 Å². The van der Waals surface area contributed by atoms with E-state index in [4.69, 9.17) is 14.2 Å². The van der Waals surface area contributed by atoms with Gasteiger partial charge in [-0.05, 0) is 24.3 Å². The number of ether oxygens (including phenoxy) is 3. The van der Waals surface area contributed by atoms with E-state index in [0.717, 1.165) is 35.8 Å². The molecule has 1 saturated heterocycles. The predicted octanol–water partition coefficient (Wildman–Crippen LogP) is 0.908. The van der Waals surface area contributed by atoms with Crippen LogP contribution in [0.2, 0.25) is 0 Å². The summed E-state index contributed by atoms with van der Waals surface area (Å²) in [6.07, 6.45) is -0.350. The fourth-order valence-corrected chi connectivity index (χ4v) is 4.43. The van der Waals surface area contributed by atoms with Crippen LogP contribution in [0.5, 0.6) is 11.5 Å². The molecular formula is C28H37N5O6. The zero-order valence-electron chi connectivity index (χ0n) is 22.2. The largest absolute Gasteiger partial charge is 0.489 e. The standard InChI is InChI=1S/C28H37N5O6/c1-20-16-26(35)31-32-28(20)22-6-2-4-8-24(22)39-19-27(36)30-11-10-29-17-21(34)18-38-25-9-5-3-7-23(25)33-12-14-37-15-13-33/h2-9,20-21,29,34H,10-19H2,1H3,(H,30,36)(H,31,35). The molecule has 0 aromatic heterocycles. The number of rotatable bonds is 13. The number of anilines is 1. The molecule has 39 heavy (non-hydrogen) atoms. The Morgan fingerprint density at radius 3 is 2.67 bits per heavy atom. The molecule has 11 nitrogen and oxygen atoms in total. The van der Waals surface area contributed by atoms with Gasteiger partial charge in [-0.25, -0.2) is 5.43 Å². The Kier molecular flexibility index (Phi) is 10.5. The lowest BCUT2D eigenvalue weighted by Gasteiger charge is -2.30. The highest BCUT2D eigenvalue weighted by Gasteiger charge is 2.24. The third-order valence-electron chi connectivity index (χ3n) is 6.43. The van der Waals surface area contributed by atoms with E-state index < -0.39 is 6.10 Å². The van der Waals surface area contributed by atoms with Crippen LogP contribution < -0.4 is 30.4 Å². The highest BCUT2D eigenvalue weighted by atomic mass is 16.5. The molecule has 210 valence electrons. The number of hydrazone groups is 1. The fraction of sp³-hybridized carbons (Fsp3) is 0.464. The maximum atomic E-state index is 12.3. The lowest BCUT2D eigenvalue weighted by atomic mass is 9.93. The molecular weight excluding hydrogens is 502 g/mol. The van der Waals surface area contributed by atoms with E-state index in [1.54, 1.807) is 6.07 Å². The lowest BCUT2D eigenvalue weighted by Crippen LogP contribution is -2.38. The first-order valence-electron chi connectivity index (χ1n) is 13.3. The third-order valence-corrected chi connectivity index (χ3v) is 6.43. The van der Waals surface area contributed by atoms with Gasteiger partial charge in [-0.2, -0.15) is 5.10 Å². The van der Waals surface area contributed by atoms with Gasteiger partial charge in [-0.15, -0.1) is 0 Å². The second-order valence-electron chi connectivity index (χ2n) is 9.51. The zero-order chi connectivity index (χ0) is 27.5. The Morgan fingerprint density at radius 1 is 1.13 bits per heavy atom. The van der Waals surface area contributed by atoms with E-state index in [-0.39, 0.29) is 30.9 Å². The van der Waals surface area contributed by atoms with Gasteiger partial charge in [0.2, 0.25) is 5.91 Å². The van der Waals surface area contributed by atoms with Gasteiger partial charge in [0.25, 0.3) is 5.91 Å². The number of para-hydroxylation sites is 3. The molecule has 2 aromatic carbocycles. The number of hydrogen-bond donors (Lipinski definition) is 4. The lowest BCUT2D eigenvalue weighted by molar-refractivity contribution is -0.123. The molecule has 2 aliphatic rings. The van der Waals surface area contributed by atoms with Crippen molar-refractivity contribution in [3.8, 4) is 11.5 Å². The van der Waals surface area contributed by atoms with Crippen LogP contribution >= 0.6 is 0 Å². The highest BCUT2D eigenvalue weighted by Crippen LogP contribution is 2.29. The van der Waals surface area contributed by atoms with Crippen molar-refractivity contribution in [1.82, 2.24) is 16.1 Å². The van der Waals surface area contributed by atoms with Crippen molar-refractivity contribution in [3.63, 3.8) is 0 Å². The first kappa shape index (κ1) is 28.3. The third kappa shape index (κ3) is 8.41. The number of morpholine rings is 1. The monoisotopic (exact) mass is 539 g/mol. The van der Waals surface area contributed by atoms with E-state index in [2.05, 4.69) is 26.1 Å². The van der Waals surface area contributed by atoms with Crippen molar-refractivity contribution in [2.75, 3.05) is 64.1 Å². The molecule has 0 aliphatic carbocycles. The molecule has 2 heterocycles. The van der Waals surface area contributed by atoms with Gasteiger partial charge < -0.3 is 34.9 Å². The minimum Gasteiger partial charge on any atom is -0.489 e. The number of benzene rings is 2. The molecule has 0 spiro atoms. The summed E-state index contributed by atoms with van der Waals surface area (Å²) in [7, 11) is 0. The summed E-state index contributed by atoms with van der Waals surface area (Å²) in [6.45, 7) is 6.12. The summed E-state index contributed by atoms with van der Waals surface area (Å²) in [5, 5.41) is 20.4. The van der Waals surface area contributed by atoms with Crippen LogP contribution in [-0.2, 0) is 14.3 Å². The number of amides is 2. The highest BCUT2D eigenvalue weighted by molar-refractivity contribution is 6.07. The smallest absolute Gasteiger partial charge is 0.257 e. The van der Waals surface area contributed by atoms with E-state index in [1.807, 2.05) is 49.4 Å². The molecule has 4 N–H and O–H groups in total. The average Bonchev–Trinajstić information content (AvgIpc) is 2.96. The molecule has 0 bridgehead atoms. The first-order chi connectivity index (χ1) is 19.0. The van der Waals surface area contributed by atoms with Gasteiger partial charge in [0, 0.05) is 50.6 Å². The number of carbonyl (C=O) groups is 2. The number of carbonyl (C=O) groups excluding carboxylic acids is 2. The molecule has 0 saturated carbocycles. The Balaban J connectivity index is 1.13. The number of hydrogen-bond acceptors (Lipinski definition) is 9. The van der Waals surface area contributed by atoms with Gasteiger partial charge in [-0.3, -0.25) is 9.59 Å². The van der Waals surface area contributed by atoms with Crippen LogP contribution in [0.25, 0.3) is 0 Å². The van der Waals surface area contributed by atoms with Crippen molar-refractivity contribution in [1.29, 1.82) is 0 Å². The Labute approximate surface area is 228 Å². The number of nitrogens with one attached hydrogen (secondary N) is 3. The van der Waals surface area contributed by atoms with Crippen LogP contribution in [0.1, 0.15) is 18.9 Å². The van der Waals surface area contributed by atoms with Crippen molar-refractivity contribution >= 4 is 23.2 Å². The summed E-state index contributed by atoms with van der Waals surface area (Å²) in [6, 6.07) is 15.1. The van der Waals surface area contributed by atoms with E-state index in [9.17, 15) is 14.7 Å². The zero-order valence-corrected chi connectivity index (χ0v) is 22.2. The topological polar surface area (TPSA) is 134 Å². The average molecular weight is 540 g/mol. The molecule has 2 amide bonds. The molecule has 1 fully saturated rings. The van der Waals surface area contributed by atoms with Crippen LogP contribution in [0.15, 0.2) is 53.6 Å². The summed E-state index contributed by atoms with van der Waals surface area (Å²) in [5.41, 5.74) is 4.99. The normalized spacial score (nSPS) is 18.1. The quantitative estimate of drug-likeness (QED) is 0.276. The predicted molar refractivity (Wildman–Crippen MR) is 147 cm³/mol. The van der Waals surface area contributed by atoms with Crippen LogP contribution in [-0.4, -0.2) is 87.9 Å². The Hall–Kier alpha value is -3.67. The molecule has 4 rings (SSSR count). The van der Waals surface area contributed by atoms with E-state index in [0.29, 0.717) is 45.0 Å². The summed E-state index contributed by atoms with van der Waals surface area (Å²) in [4.78, 5) is 26.1. The van der Waals surface area contributed by atoms with Crippen LogP contribution in [0, 0.1) is 5.92 Å². The Morgan fingerprint density at radius 2 is 1.87 bits per heavy atom. The van der Waals surface area contributed by atoms with Crippen molar-refractivity contribution in [2.24, 2.45) is 11.0 Å². The minimum absolute atomic E-state index is 0.0522. The van der Waals surface area contributed by atoms with Gasteiger partial charge in [0.15, 0.2) is 6.61 Å². The van der Waals surface area contributed by atoms with Gasteiger partial charge in [0.1, 0.15) is 24.2 Å². The number of nitrogens with zero attached hydrogens (tertiary/aromatic N) is 2. The van der Waals surface area contributed by atoms with Crippen LogP contribution in [0.4, 0.5) is 5.69 Å². The van der Waals surface area contributed by atoms with Crippen molar-refractivity contribution in [2.45, 2.75) is 19.4 Å². The van der Waals surface area contributed by atoms with Crippen molar-refractivity contribution < 1.29 is 28.9 Å². The summed E-state index contributed by atoms with van der Waals surface area (Å²) in [5.74, 6) is 0.838. The first-order valence-corrected chi connectivity index (χ1v) is 13.3. The number of aliphatic hydroxyl groups is 1. The molecule has 11 heteroatoms. The SMILES string of the molecule is CC1CC(=O)NN=C1c1ccccc1OCC(=O)NCCNCC(O)COc1ccccc1N1CCOCC1. The van der Waals surface area contributed by atoms with E-state index in [1.165, 1.54) is 0 Å². The van der Waals surface area contributed by atoms with E-state index >= 15 is 0 Å². The van der Waals surface area contributed by atoms with Gasteiger partial charge in [-0.1, -0.05) is 31.2 Å². The minimum atomic E-state index is -0.701.